The minimum absolute atomic E-state index is 0.0883. The minimum Gasteiger partial charge on any atom is -0.394 e. The number of nitrogens with zero attached hydrogens (tertiary/aromatic N) is 5. The zero-order chi connectivity index (χ0) is 15.0. The largest absolute Gasteiger partial charge is 0.394 e. The minimum atomic E-state index is -1.22. The molecule has 0 aromatic carbocycles. The molecule has 0 bridgehead atoms. The van der Waals surface area contributed by atoms with Gasteiger partial charge in [0.05, 0.1) is 6.61 Å². The average molecular weight is 294 g/mol. The van der Waals surface area contributed by atoms with Crippen molar-refractivity contribution in [2.24, 2.45) is 0 Å². The molecule has 3 rings (SSSR count). The number of hydrogen-bond donors (Lipinski definition) is 4. The lowest BCUT2D eigenvalue weighted by Gasteiger charge is -2.16. The van der Waals surface area contributed by atoms with E-state index in [-0.39, 0.29) is 11.8 Å². The summed E-state index contributed by atoms with van der Waals surface area (Å²) in [6, 6.07) is 0. The van der Waals surface area contributed by atoms with E-state index in [2.05, 4.69) is 20.1 Å². The summed E-state index contributed by atoms with van der Waals surface area (Å²) in [4.78, 5) is 11.9. The summed E-state index contributed by atoms with van der Waals surface area (Å²) in [5.41, 5.74) is 6.19. The number of aliphatic hydroxyl groups is 3. The van der Waals surface area contributed by atoms with Crippen LogP contribution in [0.2, 0.25) is 0 Å². The molecule has 0 radical (unpaired) electrons. The summed E-state index contributed by atoms with van der Waals surface area (Å²) in [5, 5.41) is 32.7. The van der Waals surface area contributed by atoms with Crippen LogP contribution in [0.3, 0.4) is 0 Å². The molecule has 0 aliphatic carbocycles. The molecule has 1 aliphatic rings. The second-order valence-corrected chi connectivity index (χ2v) is 4.61. The van der Waals surface area contributed by atoms with Crippen LogP contribution in [-0.2, 0) is 4.74 Å². The van der Waals surface area contributed by atoms with Gasteiger partial charge in [0.15, 0.2) is 0 Å². The van der Waals surface area contributed by atoms with E-state index in [4.69, 9.17) is 15.6 Å². The predicted molar refractivity (Wildman–Crippen MR) is 68.1 cm³/mol. The molecule has 5 N–H and O–H groups in total. The van der Waals surface area contributed by atoms with Crippen molar-refractivity contribution in [2.75, 3.05) is 12.3 Å². The summed E-state index contributed by atoms with van der Waals surface area (Å²) in [5.74, 6) is 0.311. The summed E-state index contributed by atoms with van der Waals surface area (Å²) >= 11 is 0. The molecule has 21 heavy (non-hydrogen) atoms. The maximum absolute atomic E-state index is 9.97. The number of hydrogen-bond acceptors (Lipinski definition) is 9. The molecule has 4 atom stereocenters. The third-order valence-electron chi connectivity index (χ3n) is 3.31. The molecular formula is C11H14N6O4. The molecule has 2 aromatic heterocycles. The molecule has 2 aromatic rings. The van der Waals surface area contributed by atoms with Gasteiger partial charge in [-0.2, -0.15) is 14.8 Å². The van der Waals surface area contributed by atoms with Gasteiger partial charge >= 0.3 is 0 Å². The molecule has 4 unspecified atom stereocenters. The van der Waals surface area contributed by atoms with E-state index in [1.807, 2.05) is 0 Å². The fourth-order valence-electron chi connectivity index (χ4n) is 2.19. The van der Waals surface area contributed by atoms with Crippen molar-refractivity contribution >= 4 is 5.82 Å². The van der Waals surface area contributed by atoms with Crippen molar-refractivity contribution in [2.45, 2.75) is 24.4 Å². The van der Waals surface area contributed by atoms with Gasteiger partial charge in [-0.05, 0) is 0 Å². The van der Waals surface area contributed by atoms with Gasteiger partial charge in [0, 0.05) is 11.8 Å². The molecule has 112 valence electrons. The highest BCUT2D eigenvalue weighted by Gasteiger charge is 2.44. The Kier molecular flexibility index (Phi) is 3.51. The normalized spacial score (nSPS) is 28.9. The van der Waals surface area contributed by atoms with Crippen molar-refractivity contribution in [1.82, 2.24) is 24.7 Å². The highest BCUT2D eigenvalue weighted by molar-refractivity contribution is 5.42. The molecule has 1 saturated heterocycles. The van der Waals surface area contributed by atoms with Crippen molar-refractivity contribution < 1.29 is 20.1 Å². The molecule has 10 heteroatoms. The number of rotatable bonds is 3. The number of ether oxygens (including phenoxy) is 1. The smallest absolute Gasteiger partial charge is 0.253 e. The summed E-state index contributed by atoms with van der Waals surface area (Å²) in [6.45, 7) is -0.410. The van der Waals surface area contributed by atoms with Crippen molar-refractivity contribution in [3.8, 4) is 5.95 Å². The molecule has 1 fully saturated rings. The maximum atomic E-state index is 9.97. The van der Waals surface area contributed by atoms with Crippen molar-refractivity contribution in [1.29, 1.82) is 0 Å². The molecule has 1 aliphatic heterocycles. The van der Waals surface area contributed by atoms with Crippen LogP contribution < -0.4 is 5.73 Å². The summed E-state index contributed by atoms with van der Waals surface area (Å²) < 4.78 is 6.72. The molecule has 0 spiro atoms. The zero-order valence-electron chi connectivity index (χ0n) is 10.8. The first-order valence-electron chi connectivity index (χ1n) is 6.21. The first-order chi connectivity index (χ1) is 10.1. The third kappa shape index (κ3) is 2.34. The Bertz CT molecular complexity index is 621. The Balaban J connectivity index is 1.90. The molecule has 3 heterocycles. The van der Waals surface area contributed by atoms with Crippen LogP contribution in [-0.4, -0.2) is 65.0 Å². The predicted octanol–water partition coefficient (Wildman–Crippen LogP) is -2.21. The van der Waals surface area contributed by atoms with Crippen LogP contribution in [0.25, 0.3) is 5.95 Å². The molecule has 0 saturated carbocycles. The lowest BCUT2D eigenvalue weighted by atomic mass is 10.0. The number of nitrogen functional groups attached to an aromatic ring is 1. The van der Waals surface area contributed by atoms with Crippen molar-refractivity contribution in [3.05, 3.63) is 24.4 Å². The lowest BCUT2D eigenvalue weighted by Crippen LogP contribution is -2.32. The monoisotopic (exact) mass is 294 g/mol. The first-order valence-corrected chi connectivity index (χ1v) is 6.21. The Hall–Kier alpha value is -2.14. The Morgan fingerprint density at radius 3 is 2.71 bits per heavy atom. The fraction of sp³-hybridized carbons (Fsp3) is 0.455. The van der Waals surface area contributed by atoms with E-state index in [1.54, 1.807) is 0 Å². The molecule has 0 amide bonds. The van der Waals surface area contributed by atoms with Crippen LogP contribution >= 0.6 is 0 Å². The van der Waals surface area contributed by atoms with Crippen LogP contribution in [0.4, 0.5) is 5.82 Å². The van der Waals surface area contributed by atoms with E-state index < -0.39 is 31.0 Å². The maximum Gasteiger partial charge on any atom is 0.253 e. The van der Waals surface area contributed by atoms with Gasteiger partial charge < -0.3 is 25.8 Å². The van der Waals surface area contributed by atoms with Crippen LogP contribution in [0, 0.1) is 0 Å². The average Bonchev–Trinajstić information content (AvgIpc) is 3.10. The van der Waals surface area contributed by atoms with E-state index in [9.17, 15) is 10.2 Å². The highest BCUT2D eigenvalue weighted by Crippen LogP contribution is 2.35. The van der Waals surface area contributed by atoms with Gasteiger partial charge in [0.1, 0.15) is 42.9 Å². The highest BCUT2D eigenvalue weighted by atomic mass is 16.6. The Labute approximate surface area is 118 Å². The van der Waals surface area contributed by atoms with Crippen LogP contribution in [0.15, 0.2) is 18.9 Å². The van der Waals surface area contributed by atoms with Gasteiger partial charge in [0.2, 0.25) is 0 Å². The number of anilines is 1. The van der Waals surface area contributed by atoms with E-state index in [1.165, 1.54) is 23.5 Å². The molecular weight excluding hydrogens is 280 g/mol. The van der Waals surface area contributed by atoms with E-state index >= 15 is 0 Å². The van der Waals surface area contributed by atoms with Gasteiger partial charge in [-0.1, -0.05) is 0 Å². The lowest BCUT2D eigenvalue weighted by molar-refractivity contribution is -0.0227. The second-order valence-electron chi connectivity index (χ2n) is 4.61. The number of aliphatic hydroxyl groups excluding tert-OH is 3. The third-order valence-corrected chi connectivity index (χ3v) is 3.31. The standard InChI is InChI=1S/C11H14N6O4/c12-10-5(9-8(20)7(19)6(2-18)21-9)1-14-11(16-10)17-4-13-3-15-17/h1,3-4,6-9,18-20H,2H2,(H2,12,14,16). The first kappa shape index (κ1) is 13.8. The van der Waals surface area contributed by atoms with E-state index in [0.29, 0.717) is 5.56 Å². The molecule has 10 nitrogen and oxygen atoms in total. The number of aromatic nitrogens is 5. The summed E-state index contributed by atoms with van der Waals surface area (Å²) in [7, 11) is 0. The van der Waals surface area contributed by atoms with Gasteiger partial charge in [0.25, 0.3) is 5.95 Å². The second kappa shape index (κ2) is 5.33. The fourth-order valence-corrected chi connectivity index (χ4v) is 2.19. The zero-order valence-corrected chi connectivity index (χ0v) is 10.8. The van der Waals surface area contributed by atoms with E-state index in [0.717, 1.165) is 0 Å². The topological polar surface area (TPSA) is 152 Å². The van der Waals surface area contributed by atoms with Gasteiger partial charge in [-0.3, -0.25) is 0 Å². The number of nitrogens with two attached hydrogens (primary N) is 1. The SMILES string of the molecule is Nc1nc(-n2cncn2)ncc1C1OC(CO)C(O)C1O. The van der Waals surface area contributed by atoms with Gasteiger partial charge in [-0.25, -0.2) is 9.97 Å². The van der Waals surface area contributed by atoms with Crippen LogP contribution in [0.5, 0.6) is 0 Å². The summed E-state index contributed by atoms with van der Waals surface area (Å²) in [6.07, 6.45) is -0.0545. The quantitative estimate of drug-likeness (QED) is 0.493. The Morgan fingerprint density at radius 1 is 1.33 bits per heavy atom. The van der Waals surface area contributed by atoms with Gasteiger partial charge in [-0.15, -0.1) is 0 Å². The van der Waals surface area contributed by atoms with Crippen LogP contribution in [0.1, 0.15) is 11.7 Å². The Morgan fingerprint density at radius 2 is 2.14 bits per heavy atom. The van der Waals surface area contributed by atoms with Crippen molar-refractivity contribution in [3.63, 3.8) is 0 Å².